The van der Waals surface area contributed by atoms with Crippen molar-refractivity contribution in [2.24, 2.45) is 0 Å². The number of morpholine rings is 1. The van der Waals surface area contributed by atoms with Crippen LogP contribution in [-0.4, -0.2) is 74.4 Å². The number of ether oxygens (including phenoxy) is 1. The molecule has 1 atom stereocenters. The van der Waals surface area contributed by atoms with Crippen molar-refractivity contribution in [3.05, 3.63) is 87.5 Å². The highest BCUT2D eigenvalue weighted by Crippen LogP contribution is 2.25. The molecule has 0 saturated carbocycles. The van der Waals surface area contributed by atoms with E-state index < -0.39 is 0 Å². The third-order valence-electron chi connectivity index (χ3n) is 7.71. The molecule has 206 valence electrons. The molecule has 1 saturated heterocycles. The minimum atomic E-state index is -0.0401. The molecule has 0 bridgehead atoms. The van der Waals surface area contributed by atoms with Crippen molar-refractivity contribution in [2.45, 2.75) is 52.2 Å². The summed E-state index contributed by atoms with van der Waals surface area (Å²) >= 11 is 0. The number of H-pyrrole nitrogens is 1. The van der Waals surface area contributed by atoms with Crippen LogP contribution in [0.4, 0.5) is 0 Å². The zero-order valence-electron chi connectivity index (χ0n) is 23.1. The lowest BCUT2D eigenvalue weighted by Gasteiger charge is -2.33. The number of aryl methyl sites for hydroxylation is 3. The van der Waals surface area contributed by atoms with Crippen molar-refractivity contribution in [1.82, 2.24) is 35.0 Å². The Morgan fingerprint density at radius 2 is 1.85 bits per heavy atom. The summed E-state index contributed by atoms with van der Waals surface area (Å²) in [5.74, 6) is 0.848. The van der Waals surface area contributed by atoms with Crippen LogP contribution in [0.3, 0.4) is 0 Å². The van der Waals surface area contributed by atoms with E-state index in [2.05, 4.69) is 86.6 Å². The second-order valence-electron chi connectivity index (χ2n) is 10.2. The first-order chi connectivity index (χ1) is 19.1. The number of rotatable bonds is 12. The summed E-state index contributed by atoms with van der Waals surface area (Å²) in [5.41, 5.74) is 4.11. The molecule has 1 fully saturated rings. The standard InChI is InChI=1S/C30H39N7O2/c1-3-23-10-11-27-25(20-23)21-26(30(38)31-27)22-36(15-14-35-16-18-39-19-17-35)28(4-2)29-32-33-34-37(29)13-12-24-8-6-5-7-9-24/h5-11,20-21,28H,3-4,12-19,22H2,1-2H3,(H,31,38). The molecule has 0 radical (unpaired) electrons. The number of nitrogens with zero attached hydrogens (tertiary/aromatic N) is 6. The minimum Gasteiger partial charge on any atom is -0.379 e. The Bertz CT molecular complexity index is 1400. The molecular formula is C30H39N7O2. The Morgan fingerprint density at radius 1 is 1.03 bits per heavy atom. The predicted molar refractivity (Wildman–Crippen MR) is 153 cm³/mol. The molecule has 1 aliphatic rings. The van der Waals surface area contributed by atoms with Gasteiger partial charge in [0, 0.05) is 50.3 Å². The third kappa shape index (κ3) is 6.79. The number of aromatic nitrogens is 5. The first-order valence-corrected chi connectivity index (χ1v) is 14.1. The van der Waals surface area contributed by atoms with Crippen molar-refractivity contribution in [3.8, 4) is 0 Å². The van der Waals surface area contributed by atoms with Crippen LogP contribution in [0, 0.1) is 0 Å². The van der Waals surface area contributed by atoms with Crippen LogP contribution < -0.4 is 5.56 Å². The van der Waals surface area contributed by atoms with Gasteiger partial charge in [-0.25, -0.2) is 4.68 Å². The van der Waals surface area contributed by atoms with E-state index in [4.69, 9.17) is 4.74 Å². The third-order valence-corrected chi connectivity index (χ3v) is 7.71. The largest absolute Gasteiger partial charge is 0.379 e. The summed E-state index contributed by atoms with van der Waals surface area (Å²) < 4.78 is 7.49. The number of aromatic amines is 1. The summed E-state index contributed by atoms with van der Waals surface area (Å²) in [6.07, 6.45) is 2.65. The van der Waals surface area contributed by atoms with Crippen molar-refractivity contribution in [1.29, 1.82) is 0 Å². The molecule has 9 heteroatoms. The Morgan fingerprint density at radius 3 is 2.62 bits per heavy atom. The van der Waals surface area contributed by atoms with E-state index in [0.29, 0.717) is 13.1 Å². The molecule has 1 unspecified atom stereocenters. The molecule has 0 aliphatic carbocycles. The SMILES string of the molecule is CCc1ccc2[nH]c(=O)c(CN(CCN3CCOCC3)C(CC)c3nnnn3CCc3ccccc3)cc2c1. The van der Waals surface area contributed by atoms with Crippen molar-refractivity contribution in [3.63, 3.8) is 0 Å². The highest BCUT2D eigenvalue weighted by molar-refractivity contribution is 5.79. The molecule has 5 rings (SSSR count). The second-order valence-corrected chi connectivity index (χ2v) is 10.2. The van der Waals surface area contributed by atoms with Gasteiger partial charge >= 0.3 is 0 Å². The van der Waals surface area contributed by atoms with Gasteiger partial charge in [0.1, 0.15) is 0 Å². The van der Waals surface area contributed by atoms with Crippen LogP contribution in [0.15, 0.2) is 59.4 Å². The summed E-state index contributed by atoms with van der Waals surface area (Å²) in [4.78, 5) is 21.1. The predicted octanol–water partition coefficient (Wildman–Crippen LogP) is 3.61. The average molecular weight is 530 g/mol. The zero-order chi connectivity index (χ0) is 27.0. The molecule has 0 amide bonds. The topological polar surface area (TPSA) is 92.2 Å². The summed E-state index contributed by atoms with van der Waals surface area (Å²) in [6, 6.07) is 18.7. The first kappa shape index (κ1) is 27.2. The molecule has 1 N–H and O–H groups in total. The Balaban J connectivity index is 1.42. The Labute approximate surface area is 229 Å². The fraction of sp³-hybridized carbons (Fsp3) is 0.467. The maximum absolute atomic E-state index is 13.2. The van der Waals surface area contributed by atoms with Crippen LogP contribution in [-0.2, 0) is 30.7 Å². The number of hydrogen-bond donors (Lipinski definition) is 1. The maximum Gasteiger partial charge on any atom is 0.252 e. The number of pyridine rings is 1. The minimum absolute atomic E-state index is 0.0195. The molecule has 1 aliphatic heterocycles. The molecule has 9 nitrogen and oxygen atoms in total. The Hall–Kier alpha value is -3.40. The Kier molecular flexibility index (Phi) is 9.13. The number of benzene rings is 2. The van der Waals surface area contributed by atoms with Crippen molar-refractivity contribution in [2.75, 3.05) is 39.4 Å². The van der Waals surface area contributed by atoms with Crippen LogP contribution in [0.5, 0.6) is 0 Å². The number of fused-ring (bicyclic) bond motifs is 1. The second kappa shape index (κ2) is 13.1. The van der Waals surface area contributed by atoms with Gasteiger partial charge in [0.25, 0.3) is 5.56 Å². The van der Waals surface area contributed by atoms with Crippen LogP contribution in [0.2, 0.25) is 0 Å². The molecule has 3 heterocycles. The van der Waals surface area contributed by atoms with Crippen LogP contribution in [0.1, 0.15) is 48.8 Å². The van der Waals surface area contributed by atoms with Crippen LogP contribution >= 0.6 is 0 Å². The molecule has 0 spiro atoms. The van der Waals surface area contributed by atoms with Gasteiger partial charge in [-0.2, -0.15) is 0 Å². The average Bonchev–Trinajstić information content (AvgIpc) is 3.44. The van der Waals surface area contributed by atoms with Gasteiger partial charge < -0.3 is 9.72 Å². The van der Waals surface area contributed by atoms with E-state index in [9.17, 15) is 4.79 Å². The van der Waals surface area contributed by atoms with Gasteiger partial charge in [-0.3, -0.25) is 14.6 Å². The molecule has 39 heavy (non-hydrogen) atoms. The van der Waals surface area contributed by atoms with E-state index in [1.807, 2.05) is 16.8 Å². The zero-order valence-corrected chi connectivity index (χ0v) is 23.1. The highest BCUT2D eigenvalue weighted by atomic mass is 16.5. The van der Waals surface area contributed by atoms with Gasteiger partial charge in [-0.05, 0) is 64.4 Å². The first-order valence-electron chi connectivity index (χ1n) is 14.1. The van der Waals surface area contributed by atoms with Gasteiger partial charge in [0.2, 0.25) is 0 Å². The highest BCUT2D eigenvalue weighted by Gasteiger charge is 2.26. The monoisotopic (exact) mass is 529 g/mol. The fourth-order valence-electron chi connectivity index (χ4n) is 5.39. The van der Waals surface area contributed by atoms with Crippen molar-refractivity contribution < 1.29 is 4.74 Å². The van der Waals surface area contributed by atoms with E-state index in [0.717, 1.165) is 80.9 Å². The molecular weight excluding hydrogens is 490 g/mol. The van der Waals surface area contributed by atoms with Gasteiger partial charge in [0.05, 0.1) is 19.3 Å². The number of hydrogen-bond acceptors (Lipinski definition) is 7. The quantitative estimate of drug-likeness (QED) is 0.300. The lowest BCUT2D eigenvalue weighted by Crippen LogP contribution is -2.43. The van der Waals surface area contributed by atoms with E-state index in [1.54, 1.807) is 0 Å². The van der Waals surface area contributed by atoms with Gasteiger partial charge in [0.15, 0.2) is 5.82 Å². The van der Waals surface area contributed by atoms with E-state index in [-0.39, 0.29) is 11.6 Å². The normalized spacial score (nSPS) is 15.3. The summed E-state index contributed by atoms with van der Waals surface area (Å²) in [7, 11) is 0. The van der Waals surface area contributed by atoms with E-state index >= 15 is 0 Å². The van der Waals surface area contributed by atoms with Gasteiger partial charge in [-0.1, -0.05) is 50.2 Å². The molecule has 4 aromatic rings. The summed E-state index contributed by atoms with van der Waals surface area (Å²) in [5, 5.41) is 14.0. The lowest BCUT2D eigenvalue weighted by molar-refractivity contribution is 0.0291. The summed E-state index contributed by atoms with van der Waals surface area (Å²) in [6.45, 7) is 10.6. The lowest BCUT2D eigenvalue weighted by atomic mass is 10.1. The van der Waals surface area contributed by atoms with Crippen LogP contribution in [0.25, 0.3) is 10.9 Å². The maximum atomic E-state index is 13.2. The smallest absolute Gasteiger partial charge is 0.252 e. The molecule has 2 aromatic carbocycles. The van der Waals surface area contributed by atoms with Crippen molar-refractivity contribution >= 4 is 10.9 Å². The van der Waals surface area contributed by atoms with E-state index in [1.165, 1.54) is 11.1 Å². The van der Waals surface area contributed by atoms with Gasteiger partial charge in [-0.15, -0.1) is 5.10 Å². The fourth-order valence-corrected chi connectivity index (χ4v) is 5.39. The molecule has 2 aromatic heterocycles. The number of tetrazole rings is 1. The number of nitrogens with one attached hydrogen (secondary N) is 1.